The largest absolute Gasteiger partial charge is 0.478 e. The van der Waals surface area contributed by atoms with Crippen molar-refractivity contribution in [1.82, 2.24) is 5.32 Å². The first-order valence-electron chi connectivity index (χ1n) is 8.47. The minimum absolute atomic E-state index is 0.0268. The summed E-state index contributed by atoms with van der Waals surface area (Å²) in [5.41, 5.74) is 1.34. The molecule has 0 bridgehead atoms. The number of aromatic carboxylic acids is 1. The monoisotopic (exact) mass is 391 g/mol. The molecule has 0 saturated carbocycles. The average Bonchev–Trinajstić information content (AvgIpc) is 2.77. The number of amides is 1. The van der Waals surface area contributed by atoms with Crippen LogP contribution >= 0.6 is 10.6 Å². The Hall–Kier alpha value is -2.55. The summed E-state index contributed by atoms with van der Waals surface area (Å²) in [6, 6.07) is 13.0. The van der Waals surface area contributed by atoms with E-state index in [1.165, 1.54) is 18.2 Å². The van der Waals surface area contributed by atoms with E-state index in [-0.39, 0.29) is 22.8 Å². The number of carboxylic acid groups (broad SMARTS) is 1. The van der Waals surface area contributed by atoms with Gasteiger partial charge >= 0.3 is 12.1 Å². The number of hydrogen-bond donors (Lipinski definition) is 4. The molecule has 1 amide bonds. The second-order valence-corrected chi connectivity index (χ2v) is 8.51. The number of alkyl carbamates (subject to hydrolysis) is 1. The fraction of sp³-hybridized carbons (Fsp3) is 0.263. The van der Waals surface area contributed by atoms with Crippen LogP contribution in [0.5, 0.6) is 0 Å². The van der Waals surface area contributed by atoms with Crippen LogP contribution in [0, 0.1) is 0 Å². The van der Waals surface area contributed by atoms with Gasteiger partial charge < -0.3 is 15.2 Å². The van der Waals surface area contributed by atoms with E-state index in [1.54, 1.807) is 0 Å². The molecule has 3 rings (SSSR count). The van der Waals surface area contributed by atoms with Crippen LogP contribution in [-0.4, -0.2) is 32.0 Å². The second kappa shape index (κ2) is 7.99. The summed E-state index contributed by atoms with van der Waals surface area (Å²) in [7, 11) is -3.11. The summed E-state index contributed by atoms with van der Waals surface area (Å²) in [5, 5.41) is 11.9. The Morgan fingerprint density at radius 1 is 1.15 bits per heavy atom. The van der Waals surface area contributed by atoms with Gasteiger partial charge in [0.1, 0.15) is 6.61 Å². The van der Waals surface area contributed by atoms with Gasteiger partial charge in [-0.1, -0.05) is 36.4 Å². The van der Waals surface area contributed by atoms with Gasteiger partial charge in [0.2, 0.25) is 0 Å². The highest BCUT2D eigenvalue weighted by molar-refractivity contribution is 8.24. The molecule has 1 aliphatic heterocycles. The summed E-state index contributed by atoms with van der Waals surface area (Å²) >= 11 is 0. The van der Waals surface area contributed by atoms with Gasteiger partial charge in [0.05, 0.1) is 16.5 Å². The SMILES string of the molecule is O=C(NC1CCCS(O)(O)c2cc(C(=O)O)ccc21)OCc1ccccc1. The summed E-state index contributed by atoms with van der Waals surface area (Å²) in [6.45, 7) is 0.124. The predicted octanol–water partition coefficient (Wildman–Crippen LogP) is 4.26. The lowest BCUT2D eigenvalue weighted by Crippen LogP contribution is -2.29. The van der Waals surface area contributed by atoms with Crippen LogP contribution in [0.25, 0.3) is 0 Å². The number of fused-ring (bicyclic) bond motifs is 1. The molecule has 144 valence electrons. The predicted molar refractivity (Wildman–Crippen MR) is 101 cm³/mol. The van der Waals surface area contributed by atoms with E-state index in [9.17, 15) is 23.8 Å². The molecule has 1 unspecified atom stereocenters. The molecule has 8 heteroatoms. The molecule has 27 heavy (non-hydrogen) atoms. The second-order valence-electron chi connectivity index (χ2n) is 6.33. The van der Waals surface area contributed by atoms with Crippen molar-refractivity contribution in [3.05, 3.63) is 65.2 Å². The van der Waals surface area contributed by atoms with Crippen LogP contribution < -0.4 is 5.32 Å². The van der Waals surface area contributed by atoms with E-state index < -0.39 is 28.7 Å². The smallest absolute Gasteiger partial charge is 0.407 e. The van der Waals surface area contributed by atoms with Crippen molar-refractivity contribution in [3.8, 4) is 0 Å². The van der Waals surface area contributed by atoms with Crippen molar-refractivity contribution in [3.63, 3.8) is 0 Å². The molecule has 1 aliphatic rings. The Kier molecular flexibility index (Phi) is 5.69. The number of hydrogen-bond acceptors (Lipinski definition) is 5. The summed E-state index contributed by atoms with van der Waals surface area (Å²) in [6.07, 6.45) is 0.356. The third-order valence-electron chi connectivity index (χ3n) is 4.41. The third kappa shape index (κ3) is 4.60. The van der Waals surface area contributed by atoms with Crippen molar-refractivity contribution in [1.29, 1.82) is 0 Å². The Labute approximate surface area is 158 Å². The normalized spacial score (nSPS) is 19.3. The Bertz CT molecular complexity index is 839. The summed E-state index contributed by atoms with van der Waals surface area (Å²) < 4.78 is 26.1. The molecule has 0 spiro atoms. The number of carbonyl (C=O) groups excluding carboxylic acids is 1. The van der Waals surface area contributed by atoms with Gasteiger partial charge in [0.15, 0.2) is 0 Å². The highest BCUT2D eigenvalue weighted by Gasteiger charge is 2.30. The molecular formula is C19H21NO6S. The summed E-state index contributed by atoms with van der Waals surface area (Å²) in [4.78, 5) is 23.6. The number of rotatable bonds is 4. The molecule has 2 aromatic rings. The lowest BCUT2D eigenvalue weighted by molar-refractivity contribution is 0.0696. The molecule has 1 heterocycles. The number of benzene rings is 2. The Balaban J connectivity index is 1.77. The van der Waals surface area contributed by atoms with Crippen molar-refractivity contribution in [2.75, 3.05) is 5.75 Å². The van der Waals surface area contributed by atoms with Gasteiger partial charge in [-0.2, -0.15) is 10.6 Å². The van der Waals surface area contributed by atoms with E-state index in [1.807, 2.05) is 30.3 Å². The minimum Gasteiger partial charge on any atom is -0.478 e. The molecule has 1 atom stereocenters. The standard InChI is InChI=1S/C19H21NO6S/c21-18(22)14-8-9-15-16(7-4-10-27(24,25)17(15)11-14)20-19(23)26-12-13-5-2-1-3-6-13/h1-3,5-6,8-9,11,16,24-25H,4,7,10,12H2,(H,20,23)(H,21,22). The molecule has 0 saturated heterocycles. The average molecular weight is 391 g/mol. The molecular weight excluding hydrogens is 370 g/mol. The molecule has 0 fully saturated rings. The van der Waals surface area contributed by atoms with Gasteiger partial charge in [-0.3, -0.25) is 9.11 Å². The minimum atomic E-state index is -3.11. The Morgan fingerprint density at radius 3 is 2.59 bits per heavy atom. The van der Waals surface area contributed by atoms with Crippen molar-refractivity contribution in [2.45, 2.75) is 30.4 Å². The molecule has 7 nitrogen and oxygen atoms in total. The van der Waals surface area contributed by atoms with Crippen LogP contribution in [-0.2, 0) is 11.3 Å². The number of carboxylic acids is 1. The maximum atomic E-state index is 12.2. The van der Waals surface area contributed by atoms with Gasteiger partial charge in [-0.05, 0) is 36.1 Å². The molecule has 0 radical (unpaired) electrons. The van der Waals surface area contributed by atoms with Gasteiger partial charge in [-0.15, -0.1) is 0 Å². The van der Waals surface area contributed by atoms with E-state index >= 15 is 0 Å². The van der Waals surface area contributed by atoms with Gasteiger partial charge in [0, 0.05) is 5.75 Å². The molecule has 0 aromatic heterocycles. The topological polar surface area (TPSA) is 116 Å². The van der Waals surface area contributed by atoms with Crippen molar-refractivity contribution < 1.29 is 28.5 Å². The van der Waals surface area contributed by atoms with Gasteiger partial charge in [0.25, 0.3) is 0 Å². The lowest BCUT2D eigenvalue weighted by atomic mass is 10.0. The third-order valence-corrected chi connectivity index (χ3v) is 6.33. The highest BCUT2D eigenvalue weighted by Crippen LogP contribution is 2.54. The first-order valence-corrected chi connectivity index (χ1v) is 10.2. The van der Waals surface area contributed by atoms with Crippen LogP contribution in [0.2, 0.25) is 0 Å². The Morgan fingerprint density at radius 2 is 1.89 bits per heavy atom. The van der Waals surface area contributed by atoms with Gasteiger partial charge in [-0.25, -0.2) is 9.59 Å². The van der Waals surface area contributed by atoms with Crippen molar-refractivity contribution in [2.24, 2.45) is 0 Å². The number of nitrogens with one attached hydrogen (secondary N) is 1. The zero-order chi connectivity index (χ0) is 19.4. The zero-order valence-corrected chi connectivity index (χ0v) is 15.3. The van der Waals surface area contributed by atoms with Crippen molar-refractivity contribution >= 4 is 22.7 Å². The number of carbonyl (C=O) groups is 2. The first-order chi connectivity index (χ1) is 12.9. The summed E-state index contributed by atoms with van der Waals surface area (Å²) in [5.74, 6) is -1.02. The molecule has 4 N–H and O–H groups in total. The van der Waals surface area contributed by atoms with E-state index in [4.69, 9.17) is 4.74 Å². The van der Waals surface area contributed by atoms with E-state index in [2.05, 4.69) is 5.32 Å². The van der Waals surface area contributed by atoms with Crippen LogP contribution in [0.1, 0.15) is 40.4 Å². The first kappa shape index (κ1) is 19.2. The fourth-order valence-electron chi connectivity index (χ4n) is 3.05. The lowest BCUT2D eigenvalue weighted by Gasteiger charge is -2.33. The highest BCUT2D eigenvalue weighted by atomic mass is 32.3. The molecule has 2 aromatic carbocycles. The molecule has 0 aliphatic carbocycles. The number of ether oxygens (including phenoxy) is 1. The van der Waals surface area contributed by atoms with E-state index in [0.717, 1.165) is 5.56 Å². The quantitative estimate of drug-likeness (QED) is 0.619. The van der Waals surface area contributed by atoms with Crippen LogP contribution in [0.15, 0.2) is 53.4 Å². The maximum Gasteiger partial charge on any atom is 0.407 e. The van der Waals surface area contributed by atoms with Crippen LogP contribution in [0.4, 0.5) is 4.79 Å². The fourth-order valence-corrected chi connectivity index (χ4v) is 4.74. The van der Waals surface area contributed by atoms with Crippen LogP contribution in [0.3, 0.4) is 0 Å². The zero-order valence-electron chi connectivity index (χ0n) is 14.5. The maximum absolute atomic E-state index is 12.2. The van der Waals surface area contributed by atoms with E-state index in [0.29, 0.717) is 18.4 Å².